The molecule has 1 aliphatic heterocycles. The number of amides is 2. The number of halogens is 1. The highest BCUT2D eigenvalue weighted by Gasteiger charge is 2.40. The highest BCUT2D eigenvalue weighted by molar-refractivity contribution is 6.47. The minimum Gasteiger partial charge on any atom is -0.442 e. The summed E-state index contributed by atoms with van der Waals surface area (Å²) < 4.78 is 25.3. The average molecular weight is 380 g/mol. The van der Waals surface area contributed by atoms with Gasteiger partial charge in [0.25, 0.3) is 0 Å². The van der Waals surface area contributed by atoms with Crippen molar-refractivity contribution in [2.75, 3.05) is 18.0 Å². The SMILES string of the molecule is CC(=O)NCC1CN(c2ccc([B]OC(C)(C)C(C)(C)[OH2+])c(F)c2)C(=O)O1. The molecule has 1 saturated heterocycles. The van der Waals surface area contributed by atoms with Crippen molar-refractivity contribution in [3.63, 3.8) is 0 Å². The molecule has 3 N–H and O–H groups in total. The Labute approximate surface area is 159 Å². The standard InChI is InChI=1S/C18H25BFN2O5/c1-11(23)21-9-13-10-22(16(24)26-13)12-6-7-14(15(20)8-12)19-27-18(4,5)17(2,3)25/h6-8,13,25H,9-10H2,1-5H3,(H,21,23)/p+1. The van der Waals surface area contributed by atoms with Crippen molar-refractivity contribution in [1.82, 2.24) is 5.32 Å². The van der Waals surface area contributed by atoms with Crippen LogP contribution in [0.2, 0.25) is 0 Å². The van der Waals surface area contributed by atoms with Crippen molar-refractivity contribution in [2.24, 2.45) is 0 Å². The van der Waals surface area contributed by atoms with Crippen LogP contribution in [-0.2, 0) is 14.2 Å². The number of hydrogen-bond acceptors (Lipinski definition) is 4. The van der Waals surface area contributed by atoms with E-state index in [0.717, 1.165) is 0 Å². The van der Waals surface area contributed by atoms with Crippen molar-refractivity contribution in [3.8, 4) is 0 Å². The lowest BCUT2D eigenvalue weighted by Gasteiger charge is -2.33. The van der Waals surface area contributed by atoms with Crippen LogP contribution in [0.4, 0.5) is 14.9 Å². The maximum atomic E-state index is 14.5. The van der Waals surface area contributed by atoms with E-state index >= 15 is 0 Å². The monoisotopic (exact) mass is 380 g/mol. The van der Waals surface area contributed by atoms with E-state index in [1.807, 2.05) is 0 Å². The van der Waals surface area contributed by atoms with E-state index in [0.29, 0.717) is 5.69 Å². The lowest BCUT2D eigenvalue weighted by molar-refractivity contribution is -0.119. The zero-order valence-electron chi connectivity index (χ0n) is 16.3. The molecule has 1 atom stereocenters. The summed E-state index contributed by atoms with van der Waals surface area (Å²) in [4.78, 5) is 24.3. The Morgan fingerprint density at radius 2 is 2.11 bits per heavy atom. The number of cyclic esters (lactones) is 1. The number of nitrogens with one attached hydrogen (secondary N) is 1. The first-order chi connectivity index (χ1) is 12.4. The van der Waals surface area contributed by atoms with Crippen LogP contribution in [0.15, 0.2) is 18.2 Å². The Balaban J connectivity index is 2.04. The van der Waals surface area contributed by atoms with Gasteiger partial charge in [0.1, 0.15) is 17.5 Å². The Bertz CT molecular complexity index is 720. The fourth-order valence-corrected chi connectivity index (χ4v) is 2.23. The zero-order valence-corrected chi connectivity index (χ0v) is 16.3. The molecule has 147 valence electrons. The highest BCUT2D eigenvalue weighted by atomic mass is 19.1. The lowest BCUT2D eigenvalue weighted by atomic mass is 9.82. The first-order valence-electron chi connectivity index (χ1n) is 8.69. The molecule has 1 fully saturated rings. The fraction of sp³-hybridized carbons (Fsp3) is 0.556. The van der Waals surface area contributed by atoms with Gasteiger partial charge in [-0.2, -0.15) is 0 Å². The summed E-state index contributed by atoms with van der Waals surface area (Å²) in [7, 11) is 1.29. The molecule has 1 aromatic carbocycles. The Morgan fingerprint density at radius 3 is 2.67 bits per heavy atom. The number of nitrogens with zero attached hydrogens (tertiary/aromatic N) is 1. The van der Waals surface area contributed by atoms with Crippen molar-refractivity contribution in [2.45, 2.75) is 51.9 Å². The maximum absolute atomic E-state index is 14.5. The molecule has 0 saturated carbocycles. The highest BCUT2D eigenvalue weighted by Crippen LogP contribution is 2.25. The van der Waals surface area contributed by atoms with Gasteiger partial charge < -0.3 is 19.8 Å². The Morgan fingerprint density at radius 1 is 1.44 bits per heavy atom. The summed E-state index contributed by atoms with van der Waals surface area (Å²) in [6.45, 7) is 8.77. The predicted octanol–water partition coefficient (Wildman–Crippen LogP) is 0.830. The van der Waals surface area contributed by atoms with Gasteiger partial charge in [0.2, 0.25) is 5.91 Å². The summed E-state index contributed by atoms with van der Waals surface area (Å²) in [6.07, 6.45) is -1.08. The van der Waals surface area contributed by atoms with Crippen molar-refractivity contribution < 1.29 is 28.5 Å². The van der Waals surface area contributed by atoms with E-state index < -0.39 is 29.2 Å². The summed E-state index contributed by atoms with van der Waals surface area (Å²) in [6, 6.07) is 4.33. The Kier molecular flexibility index (Phi) is 6.16. The lowest BCUT2D eigenvalue weighted by Crippen LogP contribution is -2.49. The van der Waals surface area contributed by atoms with Gasteiger partial charge in [-0.1, -0.05) is 6.07 Å². The molecule has 7 nitrogen and oxygen atoms in total. The molecular formula is C18H26BFN2O5+. The molecule has 0 bridgehead atoms. The molecule has 0 aromatic heterocycles. The Hall–Kier alpha value is -2.13. The minimum atomic E-state index is -0.873. The summed E-state index contributed by atoms with van der Waals surface area (Å²) >= 11 is 0. The molecular weight excluding hydrogens is 354 g/mol. The van der Waals surface area contributed by atoms with Crippen LogP contribution in [0.5, 0.6) is 0 Å². The van der Waals surface area contributed by atoms with Gasteiger partial charge in [0.05, 0.1) is 18.8 Å². The first kappa shape index (κ1) is 21.2. The molecule has 0 spiro atoms. The van der Waals surface area contributed by atoms with Gasteiger partial charge in [0, 0.05) is 20.8 Å². The largest absolute Gasteiger partial charge is 0.442 e. The van der Waals surface area contributed by atoms with Crippen molar-refractivity contribution in [1.29, 1.82) is 0 Å². The average Bonchev–Trinajstić information content (AvgIpc) is 2.91. The second kappa shape index (κ2) is 7.86. The topological polar surface area (TPSA) is 90.8 Å². The van der Waals surface area contributed by atoms with E-state index in [2.05, 4.69) is 5.32 Å². The first-order valence-corrected chi connectivity index (χ1v) is 8.69. The van der Waals surface area contributed by atoms with Crippen LogP contribution in [0.25, 0.3) is 0 Å². The number of rotatable bonds is 7. The van der Waals surface area contributed by atoms with Gasteiger partial charge in [0.15, 0.2) is 5.60 Å². The number of benzene rings is 1. The van der Waals surface area contributed by atoms with Crippen LogP contribution < -0.4 is 15.7 Å². The third-order valence-corrected chi connectivity index (χ3v) is 4.73. The molecule has 1 aromatic rings. The van der Waals surface area contributed by atoms with Gasteiger partial charge in [-0.3, -0.25) is 9.69 Å². The van der Waals surface area contributed by atoms with Crippen LogP contribution in [0, 0.1) is 5.82 Å². The van der Waals surface area contributed by atoms with Gasteiger partial charge >= 0.3 is 13.6 Å². The van der Waals surface area contributed by atoms with E-state index in [4.69, 9.17) is 14.5 Å². The minimum absolute atomic E-state index is 0.206. The third-order valence-electron chi connectivity index (χ3n) is 4.73. The van der Waals surface area contributed by atoms with E-state index in [-0.39, 0.29) is 24.5 Å². The number of ether oxygens (including phenoxy) is 1. The fourth-order valence-electron chi connectivity index (χ4n) is 2.23. The van der Waals surface area contributed by atoms with Crippen LogP contribution in [0.3, 0.4) is 0 Å². The van der Waals surface area contributed by atoms with E-state index in [9.17, 15) is 14.0 Å². The van der Waals surface area contributed by atoms with Crippen molar-refractivity contribution in [3.05, 3.63) is 24.0 Å². The number of carbonyl (C=O) groups is 2. The second-order valence-corrected chi connectivity index (χ2v) is 7.63. The van der Waals surface area contributed by atoms with Crippen molar-refractivity contribution >= 4 is 30.6 Å². The van der Waals surface area contributed by atoms with Crippen LogP contribution in [-0.4, -0.2) is 55.0 Å². The molecule has 1 aliphatic rings. The molecule has 1 radical (unpaired) electrons. The number of carbonyl (C=O) groups excluding carboxylic acids is 2. The number of hydrogen-bond donors (Lipinski definition) is 1. The maximum Gasteiger partial charge on any atom is 0.414 e. The molecule has 9 heteroatoms. The summed E-state index contributed by atoms with van der Waals surface area (Å²) in [5.74, 6) is -0.765. The van der Waals surface area contributed by atoms with Gasteiger partial charge in [-0.15, -0.1) is 0 Å². The van der Waals surface area contributed by atoms with Gasteiger partial charge in [-0.25, -0.2) is 9.18 Å². The van der Waals surface area contributed by atoms with Crippen LogP contribution in [0.1, 0.15) is 34.6 Å². The van der Waals surface area contributed by atoms with E-state index in [1.54, 1.807) is 33.8 Å². The van der Waals surface area contributed by atoms with Gasteiger partial charge in [-0.05, 0) is 31.4 Å². The van der Waals surface area contributed by atoms with E-state index in [1.165, 1.54) is 31.4 Å². The molecule has 1 heterocycles. The zero-order chi connectivity index (χ0) is 20.4. The van der Waals surface area contributed by atoms with Crippen LogP contribution >= 0.6 is 0 Å². The predicted molar refractivity (Wildman–Crippen MR) is 101 cm³/mol. The quantitative estimate of drug-likeness (QED) is 0.561. The smallest absolute Gasteiger partial charge is 0.414 e. The number of anilines is 1. The summed E-state index contributed by atoms with van der Waals surface area (Å²) in [5.41, 5.74) is -1.10. The molecule has 2 rings (SSSR count). The third kappa shape index (κ3) is 5.20. The molecule has 0 aliphatic carbocycles. The second-order valence-electron chi connectivity index (χ2n) is 7.63. The molecule has 27 heavy (non-hydrogen) atoms. The summed E-state index contributed by atoms with van der Waals surface area (Å²) in [5, 5.41) is 10.7. The molecule has 1 unspecified atom stereocenters. The normalized spacial score (nSPS) is 17.7. The molecule has 2 amide bonds.